The summed E-state index contributed by atoms with van der Waals surface area (Å²) in [6, 6.07) is 1.94. The number of nitrogens with one attached hydrogen (secondary N) is 1. The number of hydrogen-bond acceptors (Lipinski definition) is 3. The van der Waals surface area contributed by atoms with E-state index in [2.05, 4.69) is 10.4 Å². The molecule has 0 aromatic carbocycles. The lowest BCUT2D eigenvalue weighted by Gasteiger charge is -2.41. The normalized spacial score (nSPS) is 18.3. The van der Waals surface area contributed by atoms with E-state index in [1.54, 1.807) is 9.58 Å². The summed E-state index contributed by atoms with van der Waals surface area (Å²) in [4.78, 5) is 26.2. The number of carbonyl (C=O) groups excluding carboxylic acids is 2. The molecule has 0 unspecified atom stereocenters. The molecule has 1 saturated heterocycles. The van der Waals surface area contributed by atoms with Crippen molar-refractivity contribution < 1.29 is 9.59 Å². The van der Waals surface area contributed by atoms with Crippen molar-refractivity contribution in [1.29, 1.82) is 0 Å². The van der Waals surface area contributed by atoms with Gasteiger partial charge in [0.15, 0.2) is 0 Å². The molecule has 1 fully saturated rings. The Morgan fingerprint density at radius 1 is 1.35 bits per heavy atom. The highest BCUT2D eigenvalue weighted by atomic mass is 16.2. The minimum Gasteiger partial charge on any atom is -0.340 e. The van der Waals surface area contributed by atoms with Gasteiger partial charge in [-0.2, -0.15) is 5.10 Å². The fourth-order valence-corrected chi connectivity index (χ4v) is 2.77. The molecular weight excluding hydrogens is 256 g/mol. The maximum atomic E-state index is 12.7. The molecule has 1 aliphatic heterocycles. The van der Waals surface area contributed by atoms with Crippen LogP contribution in [0.3, 0.4) is 0 Å². The molecule has 2 rings (SSSR count). The van der Waals surface area contributed by atoms with E-state index in [0.29, 0.717) is 19.4 Å². The lowest BCUT2D eigenvalue weighted by molar-refractivity contribution is -0.151. The highest BCUT2D eigenvalue weighted by molar-refractivity contribution is 5.97. The number of rotatable bonds is 4. The molecule has 0 radical (unpaired) electrons. The van der Waals surface area contributed by atoms with Crippen LogP contribution in [0.15, 0.2) is 6.07 Å². The van der Waals surface area contributed by atoms with E-state index >= 15 is 0 Å². The summed E-state index contributed by atoms with van der Waals surface area (Å²) in [6.45, 7) is 6.31. The van der Waals surface area contributed by atoms with Crippen molar-refractivity contribution >= 4 is 11.8 Å². The van der Waals surface area contributed by atoms with Gasteiger partial charge in [0.2, 0.25) is 11.8 Å². The Labute approximate surface area is 119 Å². The van der Waals surface area contributed by atoms with Gasteiger partial charge in [0.1, 0.15) is 12.1 Å². The molecule has 2 heterocycles. The Balaban J connectivity index is 2.25. The third-order valence-electron chi connectivity index (χ3n) is 4.07. The van der Waals surface area contributed by atoms with Gasteiger partial charge < -0.3 is 10.2 Å². The second kappa shape index (κ2) is 5.26. The summed E-state index contributed by atoms with van der Waals surface area (Å²) >= 11 is 0. The lowest BCUT2D eigenvalue weighted by Crippen LogP contribution is -2.65. The van der Waals surface area contributed by atoms with Gasteiger partial charge in [-0.3, -0.25) is 14.3 Å². The summed E-state index contributed by atoms with van der Waals surface area (Å²) in [7, 11) is 1.85. The molecule has 1 aromatic heterocycles. The molecule has 110 valence electrons. The van der Waals surface area contributed by atoms with Crippen LogP contribution in [0, 0.1) is 6.92 Å². The Hall–Kier alpha value is -1.85. The number of aromatic nitrogens is 2. The third kappa shape index (κ3) is 2.42. The van der Waals surface area contributed by atoms with Crippen LogP contribution in [-0.4, -0.2) is 38.6 Å². The number of nitrogens with zero attached hydrogens (tertiary/aromatic N) is 3. The lowest BCUT2D eigenvalue weighted by atomic mass is 9.89. The molecule has 0 aliphatic carbocycles. The van der Waals surface area contributed by atoms with Crippen molar-refractivity contribution in [2.24, 2.45) is 7.05 Å². The van der Waals surface area contributed by atoms with Crippen LogP contribution in [0.2, 0.25) is 0 Å². The summed E-state index contributed by atoms with van der Waals surface area (Å²) in [6.07, 6.45) is 1.21. The Bertz CT molecular complexity index is 531. The van der Waals surface area contributed by atoms with Crippen LogP contribution in [-0.2, 0) is 23.2 Å². The molecule has 20 heavy (non-hydrogen) atoms. The molecule has 6 nitrogen and oxygen atoms in total. The maximum Gasteiger partial charge on any atom is 0.249 e. The standard InChI is InChI=1S/C14H22N4O2/c1-5-14(6-2)13(20)18(9-12(19)15-14)8-11-7-10(3)16-17(11)4/h7H,5-6,8-9H2,1-4H3,(H,15,19). The SMILES string of the molecule is CCC1(CC)NC(=O)CN(Cc2cc(C)nn2C)C1=O. The molecule has 0 bridgehead atoms. The number of aryl methyl sites for hydroxylation is 2. The first-order valence-electron chi connectivity index (χ1n) is 7.01. The van der Waals surface area contributed by atoms with Gasteiger partial charge in [-0.1, -0.05) is 13.8 Å². The second-order valence-electron chi connectivity index (χ2n) is 5.40. The first kappa shape index (κ1) is 14.6. The largest absolute Gasteiger partial charge is 0.340 e. The third-order valence-corrected chi connectivity index (χ3v) is 4.07. The van der Waals surface area contributed by atoms with E-state index in [1.807, 2.05) is 33.9 Å². The van der Waals surface area contributed by atoms with Crippen molar-refractivity contribution in [2.75, 3.05) is 6.54 Å². The Kier molecular flexibility index (Phi) is 3.83. The number of carbonyl (C=O) groups is 2. The van der Waals surface area contributed by atoms with Crippen molar-refractivity contribution in [3.05, 3.63) is 17.5 Å². The zero-order valence-electron chi connectivity index (χ0n) is 12.6. The summed E-state index contributed by atoms with van der Waals surface area (Å²) < 4.78 is 1.76. The Morgan fingerprint density at radius 3 is 2.50 bits per heavy atom. The van der Waals surface area contributed by atoms with Crippen molar-refractivity contribution in [3.8, 4) is 0 Å². The topological polar surface area (TPSA) is 67.2 Å². The first-order chi connectivity index (χ1) is 9.41. The van der Waals surface area contributed by atoms with E-state index in [0.717, 1.165) is 11.4 Å². The van der Waals surface area contributed by atoms with Crippen LogP contribution < -0.4 is 5.32 Å². The van der Waals surface area contributed by atoms with Crippen LogP contribution >= 0.6 is 0 Å². The fourth-order valence-electron chi connectivity index (χ4n) is 2.77. The second-order valence-corrected chi connectivity index (χ2v) is 5.40. The number of hydrogen-bond donors (Lipinski definition) is 1. The zero-order valence-corrected chi connectivity index (χ0v) is 12.6. The first-order valence-corrected chi connectivity index (χ1v) is 7.01. The van der Waals surface area contributed by atoms with E-state index in [-0.39, 0.29) is 18.4 Å². The van der Waals surface area contributed by atoms with Gasteiger partial charge in [-0.05, 0) is 25.8 Å². The van der Waals surface area contributed by atoms with E-state index in [4.69, 9.17) is 0 Å². The van der Waals surface area contributed by atoms with Crippen molar-refractivity contribution in [2.45, 2.75) is 45.7 Å². The number of amides is 2. The highest BCUT2D eigenvalue weighted by Gasteiger charge is 2.44. The average molecular weight is 278 g/mol. The van der Waals surface area contributed by atoms with Crippen LogP contribution in [0.4, 0.5) is 0 Å². The molecule has 0 spiro atoms. The fraction of sp³-hybridized carbons (Fsp3) is 0.643. The molecule has 0 atom stereocenters. The van der Waals surface area contributed by atoms with Gasteiger partial charge in [-0.15, -0.1) is 0 Å². The maximum absolute atomic E-state index is 12.7. The average Bonchev–Trinajstić information content (AvgIpc) is 2.72. The number of piperazine rings is 1. The molecule has 1 N–H and O–H groups in total. The van der Waals surface area contributed by atoms with E-state index in [9.17, 15) is 9.59 Å². The molecule has 1 aliphatic rings. The van der Waals surface area contributed by atoms with Crippen molar-refractivity contribution in [3.63, 3.8) is 0 Å². The highest BCUT2D eigenvalue weighted by Crippen LogP contribution is 2.23. The minimum absolute atomic E-state index is 0.000882. The minimum atomic E-state index is -0.747. The van der Waals surface area contributed by atoms with Gasteiger partial charge in [0.05, 0.1) is 17.9 Å². The predicted molar refractivity (Wildman–Crippen MR) is 74.8 cm³/mol. The van der Waals surface area contributed by atoms with E-state index in [1.165, 1.54) is 0 Å². The summed E-state index contributed by atoms with van der Waals surface area (Å²) in [5, 5.41) is 7.14. The van der Waals surface area contributed by atoms with Crippen LogP contribution in [0.1, 0.15) is 38.1 Å². The van der Waals surface area contributed by atoms with Crippen molar-refractivity contribution in [1.82, 2.24) is 20.0 Å². The summed E-state index contributed by atoms with van der Waals surface area (Å²) in [5.41, 5.74) is 1.10. The smallest absolute Gasteiger partial charge is 0.249 e. The van der Waals surface area contributed by atoms with E-state index < -0.39 is 5.54 Å². The summed E-state index contributed by atoms with van der Waals surface area (Å²) in [5.74, 6) is -0.0897. The zero-order chi connectivity index (χ0) is 14.9. The molecule has 1 aromatic rings. The molecule has 0 saturated carbocycles. The van der Waals surface area contributed by atoms with Crippen LogP contribution in [0.25, 0.3) is 0 Å². The molecule has 2 amide bonds. The monoisotopic (exact) mass is 278 g/mol. The molecule has 6 heteroatoms. The Morgan fingerprint density at radius 2 is 2.00 bits per heavy atom. The van der Waals surface area contributed by atoms with Gasteiger partial charge in [-0.25, -0.2) is 0 Å². The predicted octanol–water partition coefficient (Wildman–Crippen LogP) is 0.746. The quantitative estimate of drug-likeness (QED) is 0.883. The van der Waals surface area contributed by atoms with Gasteiger partial charge in [0, 0.05) is 7.05 Å². The van der Waals surface area contributed by atoms with Gasteiger partial charge >= 0.3 is 0 Å². The molecular formula is C14H22N4O2. The van der Waals surface area contributed by atoms with Crippen LogP contribution in [0.5, 0.6) is 0 Å². The van der Waals surface area contributed by atoms with Gasteiger partial charge in [0.25, 0.3) is 0 Å².